The van der Waals surface area contributed by atoms with E-state index in [4.69, 9.17) is 4.98 Å². The van der Waals surface area contributed by atoms with E-state index in [-0.39, 0.29) is 18.0 Å². The Bertz CT molecular complexity index is 886. The number of pyridine rings is 2. The molecule has 0 aliphatic rings. The summed E-state index contributed by atoms with van der Waals surface area (Å²) in [6, 6.07) is 9.14. The summed E-state index contributed by atoms with van der Waals surface area (Å²) in [5, 5.41) is 3.12. The number of fused-ring (bicyclic) bond motifs is 1. The van der Waals surface area contributed by atoms with Crippen molar-refractivity contribution in [2.24, 2.45) is 5.92 Å². The molecule has 0 unspecified atom stereocenters. The molecule has 0 bridgehead atoms. The van der Waals surface area contributed by atoms with Crippen LogP contribution in [0.4, 0.5) is 0 Å². The van der Waals surface area contributed by atoms with Crippen LogP contribution in [0.25, 0.3) is 11.2 Å². The van der Waals surface area contributed by atoms with E-state index >= 15 is 0 Å². The van der Waals surface area contributed by atoms with Gasteiger partial charge in [0.05, 0.1) is 6.04 Å². The Kier molecular flexibility index (Phi) is 5.30. The van der Waals surface area contributed by atoms with E-state index in [1.807, 2.05) is 18.2 Å². The van der Waals surface area contributed by atoms with Gasteiger partial charge >= 0.3 is 0 Å². The average molecular weight is 351 g/mol. The van der Waals surface area contributed by atoms with Crippen molar-refractivity contribution in [2.75, 3.05) is 0 Å². The molecule has 3 rings (SSSR count). The maximum Gasteiger partial charge on any atom is 0.270 e. The quantitative estimate of drug-likeness (QED) is 0.730. The van der Waals surface area contributed by atoms with Crippen LogP contribution in [0.15, 0.2) is 42.7 Å². The number of carbonyl (C=O) groups is 1. The van der Waals surface area contributed by atoms with Crippen LogP contribution in [0.5, 0.6) is 0 Å². The molecule has 0 aromatic carbocycles. The van der Waals surface area contributed by atoms with E-state index in [2.05, 4.69) is 47.5 Å². The minimum Gasteiger partial charge on any atom is -0.341 e. The van der Waals surface area contributed by atoms with Crippen LogP contribution in [-0.4, -0.2) is 25.4 Å². The van der Waals surface area contributed by atoms with Gasteiger partial charge < -0.3 is 9.88 Å². The summed E-state index contributed by atoms with van der Waals surface area (Å²) in [6.45, 7) is 8.49. The second-order valence-electron chi connectivity index (χ2n) is 7.15. The van der Waals surface area contributed by atoms with E-state index in [1.54, 1.807) is 24.5 Å². The first-order valence-electron chi connectivity index (χ1n) is 9.02. The molecule has 0 saturated heterocycles. The van der Waals surface area contributed by atoms with Crippen molar-refractivity contribution in [3.63, 3.8) is 0 Å². The lowest BCUT2D eigenvalue weighted by Crippen LogP contribution is -2.32. The van der Waals surface area contributed by atoms with Crippen LogP contribution in [0.3, 0.4) is 0 Å². The van der Waals surface area contributed by atoms with Gasteiger partial charge in [-0.1, -0.05) is 19.9 Å². The molecule has 1 atom stereocenters. The molecule has 0 spiro atoms. The van der Waals surface area contributed by atoms with Crippen molar-refractivity contribution in [1.82, 2.24) is 24.8 Å². The predicted octanol–water partition coefficient (Wildman–Crippen LogP) is 3.92. The average Bonchev–Trinajstić information content (AvgIpc) is 3.01. The molecule has 6 heteroatoms. The van der Waals surface area contributed by atoms with Gasteiger partial charge in [-0.25, -0.2) is 9.97 Å². The zero-order chi connectivity index (χ0) is 18.7. The molecule has 3 aromatic heterocycles. The number of imidazole rings is 1. The fourth-order valence-electron chi connectivity index (χ4n) is 3.13. The molecular formula is C20H25N5O. The molecule has 1 amide bonds. The minimum absolute atomic E-state index is 0.186. The van der Waals surface area contributed by atoms with Gasteiger partial charge in [-0.3, -0.25) is 9.78 Å². The number of hydrogen-bond acceptors (Lipinski definition) is 4. The van der Waals surface area contributed by atoms with Crippen LogP contribution in [-0.2, 0) is 0 Å². The predicted molar refractivity (Wildman–Crippen MR) is 102 cm³/mol. The van der Waals surface area contributed by atoms with Gasteiger partial charge in [0.2, 0.25) is 0 Å². The molecule has 0 saturated carbocycles. The van der Waals surface area contributed by atoms with Gasteiger partial charge in [-0.15, -0.1) is 0 Å². The van der Waals surface area contributed by atoms with Gasteiger partial charge in [0.1, 0.15) is 17.0 Å². The van der Waals surface area contributed by atoms with E-state index in [0.29, 0.717) is 11.6 Å². The fourth-order valence-corrected chi connectivity index (χ4v) is 3.13. The van der Waals surface area contributed by atoms with Crippen molar-refractivity contribution in [3.05, 3.63) is 54.2 Å². The molecule has 0 aliphatic carbocycles. The first-order valence-corrected chi connectivity index (χ1v) is 9.02. The monoisotopic (exact) mass is 351 g/mol. The Morgan fingerprint density at radius 2 is 1.85 bits per heavy atom. The number of carbonyl (C=O) groups excluding carboxylic acids is 1. The van der Waals surface area contributed by atoms with Crippen molar-refractivity contribution in [1.29, 1.82) is 0 Å². The smallest absolute Gasteiger partial charge is 0.270 e. The summed E-state index contributed by atoms with van der Waals surface area (Å²) in [4.78, 5) is 26.1. The summed E-state index contributed by atoms with van der Waals surface area (Å²) >= 11 is 0. The van der Waals surface area contributed by atoms with Crippen LogP contribution in [0.2, 0.25) is 0 Å². The Balaban J connectivity index is 2.01. The molecule has 26 heavy (non-hydrogen) atoms. The summed E-state index contributed by atoms with van der Waals surface area (Å²) in [6.07, 6.45) is 4.19. The summed E-state index contributed by atoms with van der Waals surface area (Å²) in [7, 11) is 0. The molecule has 3 heterocycles. The third-order valence-electron chi connectivity index (χ3n) is 4.21. The standard InChI is InChI=1S/C20H25N5O/c1-13(2)12-17(24-20(26)16-8-5-6-10-21-16)19-23-15-9-7-11-22-18(15)25(19)14(3)4/h5-11,13-14,17H,12H2,1-4H3,(H,24,26)/t17-/m0/s1. The highest BCUT2D eigenvalue weighted by Crippen LogP contribution is 2.27. The lowest BCUT2D eigenvalue weighted by atomic mass is 10.0. The number of aromatic nitrogens is 4. The van der Waals surface area contributed by atoms with Crippen LogP contribution < -0.4 is 5.32 Å². The molecule has 1 N–H and O–H groups in total. The van der Waals surface area contributed by atoms with Gasteiger partial charge in [-0.2, -0.15) is 0 Å². The normalized spacial score (nSPS) is 12.7. The first kappa shape index (κ1) is 18.0. The van der Waals surface area contributed by atoms with Crippen molar-refractivity contribution in [3.8, 4) is 0 Å². The Hall–Kier alpha value is -2.76. The Labute approximate surface area is 153 Å². The molecule has 0 fully saturated rings. The van der Waals surface area contributed by atoms with E-state index < -0.39 is 0 Å². The van der Waals surface area contributed by atoms with E-state index in [0.717, 1.165) is 23.4 Å². The number of amides is 1. The summed E-state index contributed by atoms with van der Waals surface area (Å²) in [5.41, 5.74) is 2.10. The number of rotatable bonds is 6. The topological polar surface area (TPSA) is 72.7 Å². The van der Waals surface area contributed by atoms with Crippen molar-refractivity contribution < 1.29 is 4.79 Å². The van der Waals surface area contributed by atoms with Crippen molar-refractivity contribution in [2.45, 2.75) is 46.2 Å². The second kappa shape index (κ2) is 7.64. The number of hydrogen-bond donors (Lipinski definition) is 1. The maximum absolute atomic E-state index is 12.7. The van der Waals surface area contributed by atoms with Crippen LogP contribution in [0.1, 0.15) is 62.5 Å². The van der Waals surface area contributed by atoms with E-state index in [9.17, 15) is 4.79 Å². The number of nitrogens with zero attached hydrogens (tertiary/aromatic N) is 4. The lowest BCUT2D eigenvalue weighted by molar-refractivity contribution is 0.0923. The highest BCUT2D eigenvalue weighted by molar-refractivity contribution is 5.92. The first-order chi connectivity index (χ1) is 12.5. The minimum atomic E-state index is -0.207. The Morgan fingerprint density at radius 1 is 1.08 bits per heavy atom. The SMILES string of the molecule is CC(C)C[C@H](NC(=O)c1ccccn1)c1nc2cccnc2n1C(C)C. The zero-order valence-electron chi connectivity index (χ0n) is 15.7. The second-order valence-corrected chi connectivity index (χ2v) is 7.15. The Morgan fingerprint density at radius 3 is 2.50 bits per heavy atom. The molecular weight excluding hydrogens is 326 g/mol. The molecule has 136 valence electrons. The zero-order valence-corrected chi connectivity index (χ0v) is 15.7. The largest absolute Gasteiger partial charge is 0.341 e. The third kappa shape index (κ3) is 3.74. The lowest BCUT2D eigenvalue weighted by Gasteiger charge is -2.23. The van der Waals surface area contributed by atoms with E-state index in [1.165, 1.54) is 0 Å². The van der Waals surface area contributed by atoms with Crippen LogP contribution >= 0.6 is 0 Å². The highest BCUT2D eigenvalue weighted by atomic mass is 16.1. The van der Waals surface area contributed by atoms with Gasteiger partial charge in [-0.05, 0) is 50.5 Å². The maximum atomic E-state index is 12.7. The van der Waals surface area contributed by atoms with Gasteiger partial charge in [0.15, 0.2) is 5.65 Å². The molecule has 0 aliphatic heterocycles. The fraction of sp³-hybridized carbons (Fsp3) is 0.400. The van der Waals surface area contributed by atoms with Gasteiger partial charge in [0, 0.05) is 18.4 Å². The molecule has 6 nitrogen and oxygen atoms in total. The molecule has 3 aromatic rings. The van der Waals surface area contributed by atoms with Crippen molar-refractivity contribution >= 4 is 17.1 Å². The third-order valence-corrected chi connectivity index (χ3v) is 4.21. The van der Waals surface area contributed by atoms with Gasteiger partial charge in [0.25, 0.3) is 5.91 Å². The number of nitrogens with one attached hydrogen (secondary N) is 1. The summed E-state index contributed by atoms with van der Waals surface area (Å²) < 4.78 is 2.11. The molecule has 0 radical (unpaired) electrons. The van der Waals surface area contributed by atoms with Crippen LogP contribution in [0, 0.1) is 5.92 Å². The highest BCUT2D eigenvalue weighted by Gasteiger charge is 2.25. The summed E-state index contributed by atoms with van der Waals surface area (Å²) in [5.74, 6) is 1.05.